The van der Waals surface area contributed by atoms with E-state index in [0.29, 0.717) is 0 Å². The van der Waals surface area contributed by atoms with Crippen LogP contribution in [0.5, 0.6) is 0 Å². The topological polar surface area (TPSA) is 31.5 Å². The molecular weight excluding hydrogens is 124 g/mol. The molecule has 2 N–H and O–H groups in total. The molecule has 0 atom stereocenters. The third-order valence-electron chi connectivity index (χ3n) is 1.75. The summed E-state index contributed by atoms with van der Waals surface area (Å²) in [5.74, 6) is 0. The lowest BCUT2D eigenvalue weighted by molar-refractivity contribution is 0.702. The molecule has 0 unspecified atom stereocenters. The first kappa shape index (κ1) is 12.6. The fraction of sp³-hybridized carbons (Fsp3) is 1.00. The molecule has 1 fully saturated rings. The normalized spacial score (nSPS) is 17.4. The van der Waals surface area contributed by atoms with Crippen molar-refractivity contribution >= 4 is 0 Å². The quantitative estimate of drug-likeness (QED) is 0.471. The maximum atomic E-state index is 2.00. The molecule has 0 aromatic heterocycles. The molecule has 10 heavy (non-hydrogen) atoms. The Kier molecular flexibility index (Phi) is 14.8. The van der Waals surface area contributed by atoms with Crippen LogP contribution in [0.15, 0.2) is 0 Å². The molecule has 0 bridgehead atoms. The molecular formula is C9H22O. The molecule has 1 aliphatic rings. The lowest BCUT2D eigenvalue weighted by Crippen LogP contribution is -1.66. The molecule has 0 aliphatic heterocycles. The van der Waals surface area contributed by atoms with E-state index >= 15 is 0 Å². The maximum Gasteiger partial charge on any atom is -0.0533 e. The third kappa shape index (κ3) is 7.96. The summed E-state index contributed by atoms with van der Waals surface area (Å²) >= 11 is 0. The van der Waals surface area contributed by atoms with Gasteiger partial charge in [-0.05, 0) is 0 Å². The van der Waals surface area contributed by atoms with Crippen LogP contribution in [-0.4, -0.2) is 5.48 Å². The third-order valence-corrected chi connectivity index (χ3v) is 1.75. The van der Waals surface area contributed by atoms with Gasteiger partial charge in [0.1, 0.15) is 0 Å². The van der Waals surface area contributed by atoms with Crippen LogP contribution in [0.25, 0.3) is 0 Å². The fourth-order valence-corrected chi connectivity index (χ4v) is 1.24. The molecule has 1 saturated carbocycles. The smallest absolute Gasteiger partial charge is 0.0533 e. The van der Waals surface area contributed by atoms with E-state index in [4.69, 9.17) is 0 Å². The first-order valence-corrected chi connectivity index (χ1v) is 4.50. The molecule has 64 valence electrons. The first-order valence-electron chi connectivity index (χ1n) is 4.50. The van der Waals surface area contributed by atoms with E-state index in [-0.39, 0.29) is 5.48 Å². The molecule has 0 radical (unpaired) electrons. The van der Waals surface area contributed by atoms with Crippen molar-refractivity contribution in [2.45, 2.75) is 58.8 Å². The van der Waals surface area contributed by atoms with Crippen molar-refractivity contribution in [2.75, 3.05) is 0 Å². The Hall–Kier alpha value is -0.0400. The fourth-order valence-electron chi connectivity index (χ4n) is 1.24. The number of rotatable bonds is 0. The van der Waals surface area contributed by atoms with Gasteiger partial charge in [0.2, 0.25) is 0 Å². The van der Waals surface area contributed by atoms with Crippen LogP contribution >= 0.6 is 0 Å². The van der Waals surface area contributed by atoms with Crippen molar-refractivity contribution in [1.29, 1.82) is 0 Å². The van der Waals surface area contributed by atoms with E-state index < -0.39 is 0 Å². The van der Waals surface area contributed by atoms with Crippen LogP contribution in [0.1, 0.15) is 58.8 Å². The summed E-state index contributed by atoms with van der Waals surface area (Å²) in [7, 11) is 0. The number of hydrogen-bond acceptors (Lipinski definition) is 0. The van der Waals surface area contributed by atoms with Crippen LogP contribution in [0.2, 0.25) is 0 Å². The Balaban J connectivity index is 0. The van der Waals surface area contributed by atoms with Gasteiger partial charge in [-0.15, -0.1) is 0 Å². The van der Waals surface area contributed by atoms with Crippen molar-refractivity contribution < 1.29 is 5.48 Å². The second-order valence-corrected chi connectivity index (χ2v) is 2.47. The second-order valence-electron chi connectivity index (χ2n) is 2.47. The molecule has 1 aliphatic carbocycles. The zero-order chi connectivity index (χ0) is 6.95. The summed E-state index contributed by atoms with van der Waals surface area (Å²) in [6.45, 7) is 4.00. The minimum atomic E-state index is 0. The Bertz CT molecular complexity index is 24.3. The van der Waals surface area contributed by atoms with E-state index in [9.17, 15) is 0 Å². The molecule has 0 aromatic carbocycles. The van der Waals surface area contributed by atoms with Crippen LogP contribution in [-0.2, 0) is 0 Å². The van der Waals surface area contributed by atoms with Gasteiger partial charge in [0.05, 0.1) is 0 Å². The highest BCUT2D eigenvalue weighted by Gasteiger charge is 1.95. The summed E-state index contributed by atoms with van der Waals surface area (Å²) in [5, 5.41) is 0. The van der Waals surface area contributed by atoms with Crippen molar-refractivity contribution in [1.82, 2.24) is 0 Å². The molecule has 0 spiro atoms. The minimum Gasteiger partial charge on any atom is -0.412 e. The van der Waals surface area contributed by atoms with Crippen LogP contribution in [0.4, 0.5) is 0 Å². The molecule has 1 rings (SSSR count). The molecule has 1 nitrogen and oxygen atoms in total. The Morgan fingerprint density at radius 3 is 0.700 bits per heavy atom. The standard InChI is InChI=1S/C7H14.C2H6.H2O/c1-2-4-6-7-5-3-1;1-2;/h1-7H2;1-2H3;1H2. The average Bonchev–Trinajstić information content (AvgIpc) is 2.21. The monoisotopic (exact) mass is 146 g/mol. The van der Waals surface area contributed by atoms with Gasteiger partial charge in [-0.1, -0.05) is 58.8 Å². The predicted octanol–water partition coefficient (Wildman–Crippen LogP) is 2.93. The predicted molar refractivity (Wildman–Crippen MR) is 47.3 cm³/mol. The van der Waals surface area contributed by atoms with Crippen molar-refractivity contribution in [3.63, 3.8) is 0 Å². The molecule has 0 amide bonds. The zero-order valence-electron chi connectivity index (χ0n) is 7.45. The Morgan fingerprint density at radius 1 is 0.500 bits per heavy atom. The highest BCUT2D eigenvalue weighted by Crippen LogP contribution is 2.15. The van der Waals surface area contributed by atoms with Crippen LogP contribution in [0.3, 0.4) is 0 Å². The molecule has 0 heterocycles. The van der Waals surface area contributed by atoms with Gasteiger partial charge in [-0.2, -0.15) is 0 Å². The summed E-state index contributed by atoms with van der Waals surface area (Å²) in [5.41, 5.74) is 0. The SMILES string of the molecule is C1CCCCCC1.CC.O. The van der Waals surface area contributed by atoms with Crippen LogP contribution in [0, 0.1) is 0 Å². The molecule has 0 aromatic rings. The van der Waals surface area contributed by atoms with Gasteiger partial charge in [0, 0.05) is 0 Å². The highest BCUT2D eigenvalue weighted by atomic mass is 16.0. The summed E-state index contributed by atoms with van der Waals surface area (Å²) in [6, 6.07) is 0. The van der Waals surface area contributed by atoms with Gasteiger partial charge >= 0.3 is 0 Å². The van der Waals surface area contributed by atoms with Gasteiger partial charge in [0.25, 0.3) is 0 Å². The second kappa shape index (κ2) is 11.7. The summed E-state index contributed by atoms with van der Waals surface area (Å²) < 4.78 is 0. The van der Waals surface area contributed by atoms with Crippen molar-refractivity contribution in [3.8, 4) is 0 Å². The largest absolute Gasteiger partial charge is 0.412 e. The van der Waals surface area contributed by atoms with E-state index in [0.717, 1.165) is 0 Å². The Morgan fingerprint density at radius 2 is 0.600 bits per heavy atom. The molecule has 1 heteroatoms. The van der Waals surface area contributed by atoms with Gasteiger partial charge < -0.3 is 5.48 Å². The zero-order valence-corrected chi connectivity index (χ0v) is 7.45. The van der Waals surface area contributed by atoms with Gasteiger partial charge in [0.15, 0.2) is 0 Å². The average molecular weight is 146 g/mol. The van der Waals surface area contributed by atoms with Gasteiger partial charge in [-0.3, -0.25) is 0 Å². The van der Waals surface area contributed by atoms with E-state index in [1.165, 1.54) is 44.9 Å². The lowest BCUT2D eigenvalue weighted by atomic mass is 10.2. The van der Waals surface area contributed by atoms with Crippen molar-refractivity contribution in [3.05, 3.63) is 0 Å². The van der Waals surface area contributed by atoms with Gasteiger partial charge in [-0.25, -0.2) is 0 Å². The van der Waals surface area contributed by atoms with Crippen LogP contribution < -0.4 is 0 Å². The number of hydrogen-bond donors (Lipinski definition) is 0. The highest BCUT2D eigenvalue weighted by molar-refractivity contribution is 4.51. The summed E-state index contributed by atoms with van der Waals surface area (Å²) in [4.78, 5) is 0. The lowest BCUT2D eigenvalue weighted by Gasteiger charge is -1.85. The summed E-state index contributed by atoms with van der Waals surface area (Å²) in [6.07, 6.45) is 10.5. The minimum absolute atomic E-state index is 0. The van der Waals surface area contributed by atoms with E-state index in [2.05, 4.69) is 0 Å². The first-order chi connectivity index (χ1) is 4.50. The van der Waals surface area contributed by atoms with Crippen molar-refractivity contribution in [2.24, 2.45) is 0 Å². The maximum absolute atomic E-state index is 2.00. The van der Waals surface area contributed by atoms with E-state index in [1.807, 2.05) is 13.8 Å². The Labute approximate surface area is 65.1 Å². The molecule has 0 saturated heterocycles. The van der Waals surface area contributed by atoms with E-state index in [1.54, 1.807) is 0 Å².